The summed E-state index contributed by atoms with van der Waals surface area (Å²) in [6, 6.07) is 0. The van der Waals surface area contributed by atoms with Crippen LogP contribution in [0, 0.1) is 0 Å². The van der Waals surface area contributed by atoms with Crippen molar-refractivity contribution in [2.24, 2.45) is 0 Å². The predicted octanol–water partition coefficient (Wildman–Crippen LogP) is 2.08. The minimum Gasteiger partial charge on any atom is -0.481 e. The lowest BCUT2D eigenvalue weighted by Gasteiger charge is -2.13. The molecule has 18 heavy (non-hydrogen) atoms. The van der Waals surface area contributed by atoms with Crippen LogP contribution >= 0.6 is 23.5 Å². The summed E-state index contributed by atoms with van der Waals surface area (Å²) >= 11 is 3.05. The van der Waals surface area contributed by atoms with Crippen LogP contribution in [0.4, 0.5) is 0 Å². The Hall–Kier alpha value is -0.690. The molecule has 1 atom stereocenters. The number of carboxylic acids is 1. The highest BCUT2D eigenvalue weighted by Gasteiger charge is 2.30. The van der Waals surface area contributed by atoms with Gasteiger partial charge in [-0.05, 0) is 19.1 Å². The zero-order valence-corrected chi connectivity index (χ0v) is 12.1. The molecule has 0 bridgehead atoms. The van der Waals surface area contributed by atoms with Crippen molar-refractivity contribution in [3.63, 3.8) is 0 Å². The predicted molar refractivity (Wildman–Crippen MR) is 73.3 cm³/mol. The number of thioether (sulfide) groups is 2. The largest absolute Gasteiger partial charge is 0.481 e. The average molecular weight is 287 g/mol. The van der Waals surface area contributed by atoms with Crippen molar-refractivity contribution in [1.82, 2.24) is 14.8 Å². The van der Waals surface area contributed by atoms with Gasteiger partial charge in [-0.2, -0.15) is 11.8 Å². The van der Waals surface area contributed by atoms with E-state index in [0.29, 0.717) is 11.2 Å². The van der Waals surface area contributed by atoms with Crippen LogP contribution in [0.5, 0.6) is 0 Å². The molecule has 1 aliphatic rings. The number of aliphatic carboxylic acids is 1. The Morgan fingerprint density at radius 1 is 1.56 bits per heavy atom. The van der Waals surface area contributed by atoms with Crippen LogP contribution in [-0.2, 0) is 11.3 Å². The molecule has 100 valence electrons. The van der Waals surface area contributed by atoms with E-state index in [2.05, 4.69) is 27.9 Å². The zero-order valence-electron chi connectivity index (χ0n) is 10.5. The first-order valence-corrected chi connectivity index (χ1v) is 8.19. The Balaban J connectivity index is 2.14. The number of hydrogen-bond acceptors (Lipinski definition) is 5. The van der Waals surface area contributed by atoms with Gasteiger partial charge in [0.15, 0.2) is 5.16 Å². The molecule has 0 spiro atoms. The third-order valence-corrected chi connectivity index (χ3v) is 4.76. The lowest BCUT2D eigenvalue weighted by atomic mass is 10.4. The molecular formula is C11H17N3O2S2. The van der Waals surface area contributed by atoms with Gasteiger partial charge < -0.3 is 9.67 Å². The Bertz CT molecular complexity index is 432. The lowest BCUT2D eigenvalue weighted by Crippen LogP contribution is -2.13. The molecule has 1 aromatic rings. The molecule has 1 fully saturated rings. The van der Waals surface area contributed by atoms with Gasteiger partial charge >= 0.3 is 5.97 Å². The standard InChI is InChI=1S/C11H17N3O2S2/c1-7(17-2)5-14-10(8-3-4-8)12-13-11(14)18-6-9(15)16/h7-8H,3-6H2,1-2H3,(H,15,16). The van der Waals surface area contributed by atoms with Gasteiger partial charge in [-0.1, -0.05) is 18.7 Å². The molecule has 7 heteroatoms. The van der Waals surface area contributed by atoms with E-state index in [-0.39, 0.29) is 5.75 Å². The first-order chi connectivity index (χ1) is 8.61. The van der Waals surface area contributed by atoms with Crippen LogP contribution in [0.25, 0.3) is 0 Å². The van der Waals surface area contributed by atoms with Gasteiger partial charge in [0, 0.05) is 17.7 Å². The van der Waals surface area contributed by atoms with Crippen molar-refractivity contribution >= 4 is 29.5 Å². The van der Waals surface area contributed by atoms with Crippen LogP contribution in [0.3, 0.4) is 0 Å². The van der Waals surface area contributed by atoms with Crippen LogP contribution < -0.4 is 0 Å². The second-order valence-corrected chi connectivity index (χ2v) is 6.67. The number of hydrogen-bond donors (Lipinski definition) is 1. The van der Waals surface area contributed by atoms with Crippen LogP contribution in [0.15, 0.2) is 5.16 Å². The summed E-state index contributed by atoms with van der Waals surface area (Å²) in [5.74, 6) is 0.783. The third kappa shape index (κ3) is 3.41. The summed E-state index contributed by atoms with van der Waals surface area (Å²) < 4.78 is 2.10. The molecule has 1 aromatic heterocycles. The summed E-state index contributed by atoms with van der Waals surface area (Å²) in [4.78, 5) is 10.6. The van der Waals surface area contributed by atoms with E-state index < -0.39 is 5.97 Å². The summed E-state index contributed by atoms with van der Waals surface area (Å²) in [5.41, 5.74) is 0. The molecule has 0 aromatic carbocycles. The van der Waals surface area contributed by atoms with Gasteiger partial charge in [0.05, 0.1) is 5.75 Å². The highest BCUT2D eigenvalue weighted by Crippen LogP contribution is 2.40. The zero-order chi connectivity index (χ0) is 13.1. The molecule has 1 heterocycles. The van der Waals surface area contributed by atoms with Gasteiger partial charge in [-0.25, -0.2) is 0 Å². The SMILES string of the molecule is CSC(C)Cn1c(SCC(=O)O)nnc1C1CC1. The Morgan fingerprint density at radius 3 is 2.83 bits per heavy atom. The minimum absolute atomic E-state index is 0.0381. The first kappa shape index (κ1) is 13.7. The van der Waals surface area contributed by atoms with E-state index in [9.17, 15) is 4.79 Å². The molecular weight excluding hydrogens is 270 g/mol. The Morgan fingerprint density at radius 2 is 2.28 bits per heavy atom. The molecule has 0 aliphatic heterocycles. The van der Waals surface area contributed by atoms with Gasteiger partial charge in [-0.3, -0.25) is 4.79 Å². The molecule has 5 nitrogen and oxygen atoms in total. The number of carboxylic acid groups (broad SMARTS) is 1. The number of aromatic nitrogens is 3. The smallest absolute Gasteiger partial charge is 0.313 e. The molecule has 0 saturated heterocycles. The van der Waals surface area contributed by atoms with E-state index in [1.165, 1.54) is 24.6 Å². The van der Waals surface area contributed by atoms with Crippen molar-refractivity contribution in [2.45, 2.75) is 42.6 Å². The van der Waals surface area contributed by atoms with Gasteiger partial charge in [0.2, 0.25) is 0 Å². The number of rotatable bonds is 7. The summed E-state index contributed by atoms with van der Waals surface area (Å²) in [6.07, 6.45) is 4.43. The molecule has 0 radical (unpaired) electrons. The topological polar surface area (TPSA) is 68.0 Å². The molecule has 1 unspecified atom stereocenters. The Kier molecular flexibility index (Phi) is 4.55. The molecule has 1 aliphatic carbocycles. The first-order valence-electron chi connectivity index (χ1n) is 5.92. The molecule has 0 amide bonds. The average Bonchev–Trinajstić information content (AvgIpc) is 3.10. The minimum atomic E-state index is -0.819. The van der Waals surface area contributed by atoms with Crippen molar-refractivity contribution in [3.05, 3.63) is 5.82 Å². The number of nitrogens with zero attached hydrogens (tertiary/aromatic N) is 3. The monoisotopic (exact) mass is 287 g/mol. The van der Waals surface area contributed by atoms with Crippen LogP contribution in [0.2, 0.25) is 0 Å². The second kappa shape index (κ2) is 5.97. The Labute approximate surface area is 115 Å². The van der Waals surface area contributed by atoms with E-state index >= 15 is 0 Å². The van der Waals surface area contributed by atoms with E-state index in [4.69, 9.17) is 5.11 Å². The normalized spacial score (nSPS) is 16.8. The van der Waals surface area contributed by atoms with E-state index in [1.807, 2.05) is 0 Å². The highest BCUT2D eigenvalue weighted by molar-refractivity contribution is 7.99. The van der Waals surface area contributed by atoms with Gasteiger partial charge in [0.25, 0.3) is 0 Å². The lowest BCUT2D eigenvalue weighted by molar-refractivity contribution is -0.133. The van der Waals surface area contributed by atoms with Crippen molar-refractivity contribution in [1.29, 1.82) is 0 Å². The second-order valence-electron chi connectivity index (χ2n) is 4.45. The molecule has 1 N–H and O–H groups in total. The van der Waals surface area contributed by atoms with Crippen molar-refractivity contribution < 1.29 is 9.90 Å². The summed E-state index contributed by atoms with van der Waals surface area (Å²) in [5, 5.41) is 18.3. The van der Waals surface area contributed by atoms with E-state index in [0.717, 1.165) is 17.5 Å². The maximum atomic E-state index is 10.6. The summed E-state index contributed by atoms with van der Waals surface area (Å²) in [6.45, 7) is 3.01. The fourth-order valence-corrected chi connectivity index (χ4v) is 2.65. The van der Waals surface area contributed by atoms with Gasteiger partial charge in [0.1, 0.15) is 5.82 Å². The molecule has 1 saturated carbocycles. The highest BCUT2D eigenvalue weighted by atomic mass is 32.2. The fraction of sp³-hybridized carbons (Fsp3) is 0.727. The van der Waals surface area contributed by atoms with Crippen LogP contribution in [0.1, 0.15) is 31.5 Å². The maximum absolute atomic E-state index is 10.6. The van der Waals surface area contributed by atoms with Crippen molar-refractivity contribution in [2.75, 3.05) is 12.0 Å². The molecule has 2 rings (SSSR count). The third-order valence-electron chi connectivity index (χ3n) is 2.85. The van der Waals surface area contributed by atoms with Crippen LogP contribution in [-0.4, -0.2) is 43.1 Å². The quantitative estimate of drug-likeness (QED) is 0.774. The maximum Gasteiger partial charge on any atom is 0.313 e. The summed E-state index contributed by atoms with van der Waals surface area (Å²) in [7, 11) is 0. The van der Waals surface area contributed by atoms with Crippen molar-refractivity contribution in [3.8, 4) is 0 Å². The fourth-order valence-electron chi connectivity index (χ4n) is 1.68. The van der Waals surface area contributed by atoms with Gasteiger partial charge in [-0.15, -0.1) is 10.2 Å². The van der Waals surface area contributed by atoms with E-state index in [1.54, 1.807) is 11.8 Å². The number of carbonyl (C=O) groups is 1.